The fourth-order valence-electron chi connectivity index (χ4n) is 2.13. The third kappa shape index (κ3) is 4.70. The fourth-order valence-corrected chi connectivity index (χ4v) is 2.13. The molecule has 0 aromatic carbocycles. The molecule has 1 heterocycles. The number of likely N-dealkylation sites (tertiary alicyclic amines) is 1. The van der Waals surface area contributed by atoms with E-state index < -0.39 is 11.9 Å². The second kappa shape index (κ2) is 7.33. The van der Waals surface area contributed by atoms with E-state index in [0.29, 0.717) is 32.1 Å². The summed E-state index contributed by atoms with van der Waals surface area (Å²) in [6.07, 6.45) is 1.63. The Balaban J connectivity index is 2.24. The number of likely N-dealkylation sites (N-methyl/N-ethyl adjacent to an activating group) is 1. The summed E-state index contributed by atoms with van der Waals surface area (Å²) in [6, 6.07) is 0.349. The van der Waals surface area contributed by atoms with Gasteiger partial charge in [0.25, 0.3) is 0 Å². The highest BCUT2D eigenvalue weighted by molar-refractivity contribution is 5.77. The molecule has 2 amide bonds. The first-order valence-corrected chi connectivity index (χ1v) is 6.91. The van der Waals surface area contributed by atoms with Gasteiger partial charge in [0, 0.05) is 32.2 Å². The lowest BCUT2D eigenvalue weighted by molar-refractivity contribution is -0.141. The van der Waals surface area contributed by atoms with Crippen molar-refractivity contribution in [3.63, 3.8) is 0 Å². The number of rotatable bonds is 6. The highest BCUT2D eigenvalue weighted by Crippen LogP contribution is 2.15. The van der Waals surface area contributed by atoms with Crippen LogP contribution >= 0.6 is 0 Å². The molecule has 1 fully saturated rings. The Kier molecular flexibility index (Phi) is 6.08. The van der Waals surface area contributed by atoms with Gasteiger partial charge in [0.1, 0.15) is 0 Å². The number of carboxylic acid groups (broad SMARTS) is 1. The van der Waals surface area contributed by atoms with Crippen LogP contribution in [-0.4, -0.2) is 66.2 Å². The van der Waals surface area contributed by atoms with Crippen molar-refractivity contribution < 1.29 is 14.7 Å². The number of hydrogen-bond donors (Lipinski definition) is 2. The first-order valence-electron chi connectivity index (χ1n) is 6.91. The van der Waals surface area contributed by atoms with Gasteiger partial charge in [-0.2, -0.15) is 0 Å². The molecular formula is C13H25N3O3. The van der Waals surface area contributed by atoms with Crippen LogP contribution in [0.5, 0.6) is 0 Å². The van der Waals surface area contributed by atoms with E-state index in [9.17, 15) is 9.59 Å². The summed E-state index contributed by atoms with van der Waals surface area (Å²) in [7, 11) is 2.04. The summed E-state index contributed by atoms with van der Waals surface area (Å²) in [5, 5.41) is 11.7. The third-order valence-electron chi connectivity index (χ3n) is 3.91. The maximum atomic E-state index is 11.8. The molecule has 19 heavy (non-hydrogen) atoms. The Hall–Kier alpha value is -1.30. The Morgan fingerprint density at radius 1 is 1.53 bits per heavy atom. The zero-order valence-corrected chi connectivity index (χ0v) is 12.1. The van der Waals surface area contributed by atoms with Gasteiger partial charge in [0.2, 0.25) is 0 Å². The van der Waals surface area contributed by atoms with Gasteiger partial charge >= 0.3 is 12.0 Å². The summed E-state index contributed by atoms with van der Waals surface area (Å²) >= 11 is 0. The maximum absolute atomic E-state index is 11.8. The number of urea groups is 1. The summed E-state index contributed by atoms with van der Waals surface area (Å²) in [5.74, 6) is -1.22. The van der Waals surface area contributed by atoms with Crippen molar-refractivity contribution in [3.05, 3.63) is 0 Å². The number of hydrogen-bond acceptors (Lipinski definition) is 3. The number of amides is 2. The van der Waals surface area contributed by atoms with Crippen LogP contribution in [0, 0.1) is 5.92 Å². The molecule has 2 N–H and O–H groups in total. The number of nitrogens with one attached hydrogen (secondary N) is 1. The van der Waals surface area contributed by atoms with E-state index in [1.165, 1.54) is 0 Å². The zero-order valence-electron chi connectivity index (χ0n) is 12.1. The molecule has 0 aliphatic carbocycles. The largest absolute Gasteiger partial charge is 0.481 e. The first kappa shape index (κ1) is 15.8. The molecule has 0 aromatic heterocycles. The van der Waals surface area contributed by atoms with Gasteiger partial charge in [-0.1, -0.05) is 6.92 Å². The molecule has 110 valence electrons. The van der Waals surface area contributed by atoms with Gasteiger partial charge in [-0.25, -0.2) is 4.79 Å². The number of carbonyl (C=O) groups is 2. The highest BCUT2D eigenvalue weighted by Gasteiger charge is 2.30. The number of nitrogens with zero attached hydrogens (tertiary/aromatic N) is 2. The van der Waals surface area contributed by atoms with Gasteiger partial charge in [-0.15, -0.1) is 0 Å². The van der Waals surface area contributed by atoms with Crippen molar-refractivity contribution in [3.8, 4) is 0 Å². The monoisotopic (exact) mass is 271 g/mol. The van der Waals surface area contributed by atoms with E-state index in [0.717, 1.165) is 13.0 Å². The van der Waals surface area contributed by atoms with Crippen molar-refractivity contribution in [1.82, 2.24) is 15.1 Å². The summed E-state index contributed by atoms with van der Waals surface area (Å²) in [5.41, 5.74) is 0. The Morgan fingerprint density at radius 3 is 2.74 bits per heavy atom. The Morgan fingerprint density at radius 2 is 2.21 bits per heavy atom. The first-order chi connectivity index (χ1) is 8.95. The van der Waals surface area contributed by atoms with Crippen LogP contribution in [0.2, 0.25) is 0 Å². The summed E-state index contributed by atoms with van der Waals surface area (Å²) in [6.45, 7) is 6.53. The number of carboxylic acids is 1. The minimum atomic E-state index is -0.813. The predicted octanol–water partition coefficient (Wildman–Crippen LogP) is 0.833. The second-order valence-electron chi connectivity index (χ2n) is 5.24. The van der Waals surface area contributed by atoms with E-state index in [-0.39, 0.29) is 6.03 Å². The summed E-state index contributed by atoms with van der Waals surface area (Å²) in [4.78, 5) is 26.4. The predicted molar refractivity (Wildman–Crippen MR) is 73.1 cm³/mol. The van der Waals surface area contributed by atoms with Crippen molar-refractivity contribution in [2.24, 2.45) is 5.92 Å². The van der Waals surface area contributed by atoms with Crippen LogP contribution in [-0.2, 0) is 4.79 Å². The number of carbonyl (C=O) groups excluding carboxylic acids is 1. The second-order valence-corrected chi connectivity index (χ2v) is 5.24. The molecule has 0 radical (unpaired) electrons. The smallest absolute Gasteiger partial charge is 0.317 e. The van der Waals surface area contributed by atoms with E-state index >= 15 is 0 Å². The van der Waals surface area contributed by atoms with Gasteiger partial charge in [0.05, 0.1) is 5.92 Å². The van der Waals surface area contributed by atoms with Crippen molar-refractivity contribution in [1.29, 1.82) is 0 Å². The lowest BCUT2D eigenvalue weighted by Gasteiger charge is -2.24. The number of aliphatic carboxylic acids is 1. The molecule has 1 rings (SSSR count). The van der Waals surface area contributed by atoms with Crippen LogP contribution in [0.25, 0.3) is 0 Å². The fraction of sp³-hybridized carbons (Fsp3) is 0.846. The average molecular weight is 271 g/mol. The lowest BCUT2D eigenvalue weighted by atomic mass is 10.1. The molecule has 0 saturated carbocycles. The van der Waals surface area contributed by atoms with Crippen LogP contribution in [0.4, 0.5) is 4.79 Å². The molecule has 2 atom stereocenters. The normalized spacial score (nSPS) is 20.6. The summed E-state index contributed by atoms with van der Waals surface area (Å²) < 4.78 is 0. The highest BCUT2D eigenvalue weighted by atomic mass is 16.4. The Bertz CT molecular complexity index is 322. The topological polar surface area (TPSA) is 72.9 Å². The van der Waals surface area contributed by atoms with Gasteiger partial charge in [0.15, 0.2) is 0 Å². The van der Waals surface area contributed by atoms with E-state index in [2.05, 4.69) is 24.1 Å². The molecular weight excluding hydrogens is 246 g/mol. The molecule has 6 nitrogen and oxygen atoms in total. The van der Waals surface area contributed by atoms with Crippen molar-refractivity contribution in [2.45, 2.75) is 32.7 Å². The van der Waals surface area contributed by atoms with Crippen LogP contribution in [0.15, 0.2) is 0 Å². The molecule has 1 aliphatic heterocycles. The maximum Gasteiger partial charge on any atom is 0.317 e. The molecule has 1 aliphatic rings. The van der Waals surface area contributed by atoms with Crippen LogP contribution in [0.1, 0.15) is 26.7 Å². The minimum absolute atomic E-state index is 0.152. The van der Waals surface area contributed by atoms with Crippen LogP contribution < -0.4 is 5.32 Å². The van der Waals surface area contributed by atoms with Gasteiger partial charge in [-0.3, -0.25) is 4.79 Å². The van der Waals surface area contributed by atoms with E-state index in [4.69, 9.17) is 5.11 Å². The molecule has 1 saturated heterocycles. The molecule has 0 spiro atoms. The molecule has 0 aromatic rings. The van der Waals surface area contributed by atoms with E-state index in [1.54, 1.807) is 4.90 Å². The molecule has 2 unspecified atom stereocenters. The van der Waals surface area contributed by atoms with Gasteiger partial charge in [-0.05, 0) is 26.8 Å². The van der Waals surface area contributed by atoms with Crippen molar-refractivity contribution in [2.75, 3.05) is 33.2 Å². The van der Waals surface area contributed by atoms with E-state index in [1.807, 2.05) is 7.05 Å². The third-order valence-corrected chi connectivity index (χ3v) is 3.91. The quantitative estimate of drug-likeness (QED) is 0.750. The average Bonchev–Trinajstić information content (AvgIpc) is 2.87. The molecule has 6 heteroatoms. The Labute approximate surface area is 114 Å². The van der Waals surface area contributed by atoms with Crippen LogP contribution in [0.3, 0.4) is 0 Å². The molecule has 0 bridgehead atoms. The SMILES string of the molecule is CCC(C)N(C)CCNC(=O)N1CCC(C(=O)O)C1. The zero-order chi connectivity index (χ0) is 14.4. The van der Waals surface area contributed by atoms with Crippen molar-refractivity contribution >= 4 is 12.0 Å². The minimum Gasteiger partial charge on any atom is -0.481 e. The lowest BCUT2D eigenvalue weighted by Crippen LogP contribution is -2.43. The van der Waals surface area contributed by atoms with Gasteiger partial charge < -0.3 is 20.2 Å². The standard InChI is InChI=1S/C13H25N3O3/c1-4-10(2)15(3)8-6-14-13(19)16-7-5-11(9-16)12(17)18/h10-11H,4-9H2,1-3H3,(H,14,19)(H,17,18).